The molecule has 2 atom stereocenters. The molecule has 0 fully saturated rings. The molecule has 0 aliphatic heterocycles. The molecule has 0 aromatic heterocycles. The van der Waals surface area contributed by atoms with Crippen LogP contribution in [0.15, 0.2) is 84.9 Å². The number of hydrogen-bond acceptors (Lipinski definition) is 3. The van der Waals surface area contributed by atoms with Gasteiger partial charge in [-0.1, -0.05) is 123 Å². The van der Waals surface area contributed by atoms with Gasteiger partial charge in [0, 0.05) is 11.0 Å². The lowest BCUT2D eigenvalue weighted by atomic mass is 10.0. The van der Waals surface area contributed by atoms with Crippen molar-refractivity contribution >= 4 is 41.3 Å². The van der Waals surface area contributed by atoms with Crippen molar-refractivity contribution in [3.8, 4) is 5.75 Å². The van der Waals surface area contributed by atoms with Crippen molar-refractivity contribution in [3.63, 3.8) is 0 Å². The molecular weight excluding hydrogens is 575 g/mol. The summed E-state index contributed by atoms with van der Waals surface area (Å²) in [6, 6.07) is 29.9. The number of benzene rings is 3. The Morgan fingerprint density at radius 2 is 1.39 bits per heavy atom. The molecule has 0 saturated heterocycles. The van der Waals surface area contributed by atoms with Crippen LogP contribution in [0.25, 0.3) is 0 Å². The van der Waals surface area contributed by atoms with Crippen molar-refractivity contribution in [1.29, 1.82) is 0 Å². The number of hydrogen-bond donors (Lipinski definition) is 0. The average Bonchev–Trinajstić information content (AvgIpc) is 2.90. The summed E-state index contributed by atoms with van der Waals surface area (Å²) in [6.07, 6.45) is 2.16. The van der Waals surface area contributed by atoms with E-state index in [2.05, 4.69) is 123 Å². The average molecular weight is 617 g/mol. The predicted molar refractivity (Wildman–Crippen MR) is 162 cm³/mol. The van der Waals surface area contributed by atoms with Crippen LogP contribution in [-0.2, 0) is 15.8 Å². The molecule has 0 heterocycles. The number of alkyl halides is 1. The summed E-state index contributed by atoms with van der Waals surface area (Å²) in [5, 5.41) is 2.66. The maximum absolute atomic E-state index is 7.09. The van der Waals surface area contributed by atoms with Gasteiger partial charge in [-0.2, -0.15) is 0 Å². The van der Waals surface area contributed by atoms with Gasteiger partial charge in [0.25, 0.3) is 8.32 Å². The van der Waals surface area contributed by atoms with Crippen LogP contribution in [0.4, 0.5) is 0 Å². The first-order chi connectivity index (χ1) is 17.3. The van der Waals surface area contributed by atoms with Gasteiger partial charge >= 0.3 is 0 Å². The minimum atomic E-state index is -2.49. The molecule has 0 unspecified atom stereocenters. The Morgan fingerprint density at radius 1 is 0.833 bits per heavy atom. The fourth-order valence-electron chi connectivity index (χ4n) is 4.83. The topological polar surface area (TPSA) is 27.7 Å². The smallest absolute Gasteiger partial charge is 0.261 e. The van der Waals surface area contributed by atoms with Gasteiger partial charge in [-0.3, -0.25) is 0 Å². The molecule has 36 heavy (non-hydrogen) atoms. The lowest BCUT2D eigenvalue weighted by molar-refractivity contribution is 0.00390. The lowest BCUT2D eigenvalue weighted by Crippen LogP contribution is -2.66. The van der Waals surface area contributed by atoms with E-state index in [1.807, 2.05) is 12.1 Å². The van der Waals surface area contributed by atoms with Crippen LogP contribution in [0.5, 0.6) is 5.75 Å². The number of ether oxygens (including phenoxy) is 2. The minimum Gasteiger partial charge on any atom is -0.497 e. The van der Waals surface area contributed by atoms with E-state index in [0.717, 1.165) is 29.6 Å². The summed E-state index contributed by atoms with van der Waals surface area (Å²) >= 11 is 2.47. The van der Waals surface area contributed by atoms with E-state index < -0.39 is 8.32 Å². The molecule has 0 amide bonds. The second kappa shape index (κ2) is 13.8. The van der Waals surface area contributed by atoms with E-state index in [4.69, 9.17) is 13.9 Å². The molecule has 0 aliphatic rings. The molecule has 0 radical (unpaired) electrons. The van der Waals surface area contributed by atoms with Crippen LogP contribution < -0.4 is 15.1 Å². The van der Waals surface area contributed by atoms with Gasteiger partial charge in [0.1, 0.15) is 5.75 Å². The Hall–Kier alpha value is -1.67. The van der Waals surface area contributed by atoms with Crippen molar-refractivity contribution in [1.82, 2.24) is 0 Å². The van der Waals surface area contributed by atoms with Crippen molar-refractivity contribution in [2.75, 3.05) is 18.1 Å². The quantitative estimate of drug-likeness (QED) is 0.0896. The third kappa shape index (κ3) is 7.21. The maximum Gasteiger partial charge on any atom is 0.261 e. The Balaban J connectivity index is 1.72. The van der Waals surface area contributed by atoms with Gasteiger partial charge in [0.15, 0.2) is 0 Å². The maximum atomic E-state index is 7.09. The van der Waals surface area contributed by atoms with E-state index in [9.17, 15) is 0 Å². The number of rotatable bonds is 13. The van der Waals surface area contributed by atoms with Gasteiger partial charge < -0.3 is 13.9 Å². The normalized spacial score (nSPS) is 13.8. The highest BCUT2D eigenvalue weighted by Crippen LogP contribution is 2.37. The summed E-state index contributed by atoms with van der Waals surface area (Å²) in [6.45, 7) is 10.6. The summed E-state index contributed by atoms with van der Waals surface area (Å²) in [7, 11) is -0.798. The molecule has 3 aromatic carbocycles. The number of halogens is 1. The predicted octanol–water partition coefficient (Wildman–Crippen LogP) is 7.01. The Labute approximate surface area is 232 Å². The van der Waals surface area contributed by atoms with Gasteiger partial charge in [-0.15, -0.1) is 0 Å². The van der Waals surface area contributed by atoms with E-state index in [-0.39, 0.29) is 11.1 Å². The van der Waals surface area contributed by atoms with Crippen LogP contribution in [0.1, 0.15) is 46.1 Å². The van der Waals surface area contributed by atoms with Crippen LogP contribution in [0, 0.1) is 5.92 Å². The second-order valence-electron chi connectivity index (χ2n) is 10.5. The zero-order valence-electron chi connectivity index (χ0n) is 22.4. The largest absolute Gasteiger partial charge is 0.497 e. The Bertz CT molecular complexity index is 980. The molecule has 5 heteroatoms. The first-order valence-corrected chi connectivity index (χ1v) is 16.3. The zero-order valence-corrected chi connectivity index (χ0v) is 25.5. The summed E-state index contributed by atoms with van der Waals surface area (Å²) in [5.74, 6) is 1.35. The summed E-state index contributed by atoms with van der Waals surface area (Å²) in [4.78, 5) is 0. The van der Waals surface area contributed by atoms with Crippen molar-refractivity contribution in [3.05, 3.63) is 90.5 Å². The van der Waals surface area contributed by atoms with Crippen LogP contribution in [0.3, 0.4) is 0 Å². The zero-order chi connectivity index (χ0) is 26.0. The first kappa shape index (κ1) is 28.9. The highest BCUT2D eigenvalue weighted by atomic mass is 127. The highest BCUT2D eigenvalue weighted by molar-refractivity contribution is 14.1. The first-order valence-electron chi connectivity index (χ1n) is 12.9. The fourth-order valence-corrected chi connectivity index (χ4v) is 10.0. The number of methoxy groups -OCH3 is 1. The van der Waals surface area contributed by atoms with E-state index in [1.165, 1.54) is 15.9 Å². The third-order valence-electron chi connectivity index (χ3n) is 6.87. The van der Waals surface area contributed by atoms with Gasteiger partial charge in [0.05, 0.1) is 19.8 Å². The van der Waals surface area contributed by atoms with Gasteiger partial charge in [-0.25, -0.2) is 0 Å². The molecule has 3 aromatic rings. The fraction of sp³-hybridized carbons (Fsp3) is 0.419. The van der Waals surface area contributed by atoms with Crippen molar-refractivity contribution in [2.45, 2.75) is 58.3 Å². The molecule has 0 N–H and O–H groups in total. The van der Waals surface area contributed by atoms with Gasteiger partial charge in [-0.05, 0) is 51.9 Å². The van der Waals surface area contributed by atoms with Crippen molar-refractivity contribution < 1.29 is 13.9 Å². The molecule has 0 saturated carbocycles. The van der Waals surface area contributed by atoms with Crippen molar-refractivity contribution in [2.24, 2.45) is 5.92 Å². The van der Waals surface area contributed by atoms with Gasteiger partial charge in [0.2, 0.25) is 0 Å². The van der Waals surface area contributed by atoms with E-state index in [1.54, 1.807) is 7.11 Å². The molecular formula is C31H41IO3Si. The molecule has 0 bridgehead atoms. The minimum absolute atomic E-state index is 0.00449. The molecule has 194 valence electrons. The third-order valence-corrected chi connectivity index (χ3v) is 13.3. The van der Waals surface area contributed by atoms with Crippen LogP contribution in [0.2, 0.25) is 5.04 Å². The standard InChI is InChI=1S/C31H41IO3Si/c1-25(23-32)30(34-24-26-18-20-27(33-5)21-19-26)17-12-22-35-36(31(2,3)4,28-13-8-6-9-14-28)29-15-10-7-11-16-29/h6-11,13-16,18-21,25,30H,12,17,22-24H2,1-5H3/t25-,30-/m0/s1. The Morgan fingerprint density at radius 3 is 1.86 bits per heavy atom. The van der Waals surface area contributed by atoms with E-state index >= 15 is 0 Å². The molecule has 3 rings (SSSR count). The summed E-state index contributed by atoms with van der Waals surface area (Å²) < 4.78 is 19.9. The second-order valence-corrected chi connectivity index (χ2v) is 15.7. The summed E-state index contributed by atoms with van der Waals surface area (Å²) in [5.41, 5.74) is 1.17. The Kier molecular flexibility index (Phi) is 11.0. The molecule has 0 spiro atoms. The monoisotopic (exact) mass is 616 g/mol. The highest BCUT2D eigenvalue weighted by Gasteiger charge is 2.49. The SMILES string of the molecule is COc1ccc(CO[C@@H](CCCO[Si](c2ccccc2)(c2ccccc2)C(C)(C)C)[C@@H](C)CI)cc1. The lowest BCUT2D eigenvalue weighted by Gasteiger charge is -2.43. The van der Waals surface area contributed by atoms with Crippen LogP contribution >= 0.6 is 22.6 Å². The molecule has 0 aliphatic carbocycles. The van der Waals surface area contributed by atoms with Crippen LogP contribution in [-0.4, -0.2) is 32.6 Å². The molecule has 3 nitrogen and oxygen atoms in total. The van der Waals surface area contributed by atoms with E-state index in [0.29, 0.717) is 12.5 Å².